The van der Waals surface area contributed by atoms with Gasteiger partial charge in [0.25, 0.3) is 0 Å². The molecule has 2 amide bonds. The van der Waals surface area contributed by atoms with Crippen molar-refractivity contribution in [2.45, 2.75) is 64.8 Å². The van der Waals surface area contributed by atoms with E-state index in [0.717, 1.165) is 49.2 Å². The molecule has 0 radical (unpaired) electrons. The molecule has 0 saturated carbocycles. The van der Waals surface area contributed by atoms with Crippen LogP contribution in [0.25, 0.3) is 10.9 Å². The van der Waals surface area contributed by atoms with E-state index in [2.05, 4.69) is 27.7 Å². The zero-order valence-corrected chi connectivity index (χ0v) is 25.5. The van der Waals surface area contributed by atoms with E-state index in [4.69, 9.17) is 9.47 Å². The van der Waals surface area contributed by atoms with E-state index in [1.807, 2.05) is 56.0 Å². The first-order valence-electron chi connectivity index (χ1n) is 15.5. The van der Waals surface area contributed by atoms with Crippen LogP contribution in [-0.2, 0) is 38.6 Å². The van der Waals surface area contributed by atoms with Crippen LogP contribution in [0.3, 0.4) is 0 Å². The first kappa shape index (κ1) is 29.4. The van der Waals surface area contributed by atoms with Crippen molar-refractivity contribution in [1.82, 2.24) is 19.3 Å². The zero-order chi connectivity index (χ0) is 30.1. The number of benzene rings is 2. The minimum absolute atomic E-state index is 0.0120. The lowest BCUT2D eigenvalue weighted by molar-refractivity contribution is -0.157. The molecular formula is C34H42N4O5. The highest BCUT2D eigenvalue weighted by Crippen LogP contribution is 2.34. The van der Waals surface area contributed by atoms with Gasteiger partial charge in [-0.3, -0.25) is 14.5 Å². The fourth-order valence-electron chi connectivity index (χ4n) is 6.57. The summed E-state index contributed by atoms with van der Waals surface area (Å²) in [5.74, 6) is -0.261. The molecule has 0 aliphatic carbocycles. The van der Waals surface area contributed by atoms with Crippen LogP contribution >= 0.6 is 0 Å². The molecule has 0 bridgehead atoms. The van der Waals surface area contributed by atoms with E-state index in [1.165, 1.54) is 10.9 Å². The third kappa shape index (κ3) is 6.33. The number of nitrogens with zero attached hydrogens (tertiary/aromatic N) is 4. The summed E-state index contributed by atoms with van der Waals surface area (Å²) >= 11 is 0. The molecule has 4 heterocycles. The minimum Gasteiger partial charge on any atom is -0.456 e. The number of hydrogen-bond donors (Lipinski definition) is 0. The minimum atomic E-state index is -0.555. The third-order valence-electron chi connectivity index (χ3n) is 8.76. The van der Waals surface area contributed by atoms with Crippen LogP contribution in [0.4, 0.5) is 0 Å². The standard InChI is InChI=1S/C34H42N4O5/c1-34(2,3)43-33(41)25-13-11-24(12-14-25)21-37-28-9-5-4-7-26(28)27-8-6-10-29-32(40)36(16-15-35-17-19-42-20-18-35)23-31(39)38(29)22-30(27)37/h4-5,7,9,11-14,29H,6,8,10,15-23H2,1-3H3. The normalized spacial score (nSPS) is 20.0. The maximum Gasteiger partial charge on any atom is 0.338 e. The molecular weight excluding hydrogens is 544 g/mol. The predicted molar refractivity (Wildman–Crippen MR) is 164 cm³/mol. The highest BCUT2D eigenvalue weighted by atomic mass is 16.6. The Balaban J connectivity index is 1.25. The highest BCUT2D eigenvalue weighted by Gasteiger charge is 2.40. The average molecular weight is 587 g/mol. The Kier molecular flexibility index (Phi) is 8.29. The molecule has 9 nitrogen and oxygen atoms in total. The summed E-state index contributed by atoms with van der Waals surface area (Å²) < 4.78 is 13.3. The quantitative estimate of drug-likeness (QED) is 0.408. The molecule has 3 aliphatic heterocycles. The topological polar surface area (TPSA) is 84.3 Å². The fraction of sp³-hybridized carbons (Fsp3) is 0.500. The number of esters is 1. The van der Waals surface area contributed by atoms with Crippen molar-refractivity contribution in [2.24, 2.45) is 0 Å². The Morgan fingerprint density at radius 3 is 2.47 bits per heavy atom. The van der Waals surface area contributed by atoms with Gasteiger partial charge in [0.15, 0.2) is 0 Å². The van der Waals surface area contributed by atoms with Gasteiger partial charge in [0.05, 0.1) is 31.9 Å². The third-order valence-corrected chi connectivity index (χ3v) is 8.76. The lowest BCUT2D eigenvalue weighted by Gasteiger charge is -2.42. The van der Waals surface area contributed by atoms with Crippen LogP contribution in [0.15, 0.2) is 48.5 Å². The van der Waals surface area contributed by atoms with Gasteiger partial charge in [-0.1, -0.05) is 30.3 Å². The Morgan fingerprint density at radius 1 is 0.977 bits per heavy atom. The molecule has 3 aromatic rings. The summed E-state index contributed by atoms with van der Waals surface area (Å²) in [6.07, 6.45) is 2.37. The van der Waals surface area contributed by atoms with Gasteiger partial charge < -0.3 is 23.8 Å². The maximum absolute atomic E-state index is 13.7. The molecule has 2 fully saturated rings. The molecule has 1 aromatic heterocycles. The number of fused-ring (bicyclic) bond motifs is 4. The van der Waals surface area contributed by atoms with Gasteiger partial charge in [-0.2, -0.15) is 0 Å². The summed E-state index contributed by atoms with van der Waals surface area (Å²) in [6, 6.07) is 15.5. The SMILES string of the molecule is CC(C)(C)OC(=O)c1ccc(Cn2c3c(c4ccccc42)CCCC2C(=O)N(CCN4CCOCC4)CC(=O)N2C3)cc1. The largest absolute Gasteiger partial charge is 0.456 e. The lowest BCUT2D eigenvalue weighted by Crippen LogP contribution is -2.60. The van der Waals surface area contributed by atoms with Crippen molar-refractivity contribution in [3.05, 3.63) is 70.9 Å². The van der Waals surface area contributed by atoms with Gasteiger partial charge in [0.1, 0.15) is 11.6 Å². The number of hydrogen-bond acceptors (Lipinski definition) is 6. The molecule has 2 aromatic carbocycles. The molecule has 228 valence electrons. The van der Waals surface area contributed by atoms with Crippen LogP contribution < -0.4 is 0 Å². The van der Waals surface area contributed by atoms with Gasteiger partial charge >= 0.3 is 5.97 Å². The number of piperazine rings is 1. The van der Waals surface area contributed by atoms with Crippen molar-refractivity contribution in [3.8, 4) is 0 Å². The first-order valence-corrected chi connectivity index (χ1v) is 15.5. The first-order chi connectivity index (χ1) is 20.7. The number of amides is 2. The number of aromatic nitrogens is 1. The van der Waals surface area contributed by atoms with Crippen molar-refractivity contribution in [1.29, 1.82) is 0 Å². The Hall–Kier alpha value is -3.69. The predicted octanol–water partition coefficient (Wildman–Crippen LogP) is 3.85. The molecule has 9 heteroatoms. The molecule has 1 unspecified atom stereocenters. The van der Waals surface area contributed by atoms with Crippen LogP contribution in [0.5, 0.6) is 0 Å². The number of morpholine rings is 1. The van der Waals surface area contributed by atoms with Gasteiger partial charge in [0, 0.05) is 49.3 Å². The molecule has 0 N–H and O–H groups in total. The maximum atomic E-state index is 13.7. The second-order valence-electron chi connectivity index (χ2n) is 12.9. The number of carbonyl (C=O) groups excluding carboxylic acids is 3. The number of carbonyl (C=O) groups is 3. The van der Waals surface area contributed by atoms with Crippen molar-refractivity contribution in [3.63, 3.8) is 0 Å². The second kappa shape index (κ2) is 12.1. The Bertz CT molecular complexity index is 1500. The van der Waals surface area contributed by atoms with Crippen LogP contribution in [0.1, 0.15) is 60.8 Å². The monoisotopic (exact) mass is 586 g/mol. The van der Waals surface area contributed by atoms with Gasteiger partial charge in [0.2, 0.25) is 11.8 Å². The van der Waals surface area contributed by atoms with Crippen molar-refractivity contribution < 1.29 is 23.9 Å². The molecule has 43 heavy (non-hydrogen) atoms. The number of aryl methyl sites for hydroxylation is 1. The van der Waals surface area contributed by atoms with Crippen LogP contribution in [0.2, 0.25) is 0 Å². The van der Waals surface area contributed by atoms with Gasteiger partial charge in [-0.25, -0.2) is 4.79 Å². The van der Waals surface area contributed by atoms with Crippen molar-refractivity contribution >= 4 is 28.7 Å². The van der Waals surface area contributed by atoms with E-state index < -0.39 is 11.6 Å². The van der Waals surface area contributed by atoms with Crippen molar-refractivity contribution in [2.75, 3.05) is 45.9 Å². The summed E-state index contributed by atoms with van der Waals surface area (Å²) in [5.41, 5.74) is 4.47. The van der Waals surface area contributed by atoms with Crippen LogP contribution in [-0.4, -0.2) is 94.6 Å². The fourth-order valence-corrected chi connectivity index (χ4v) is 6.57. The van der Waals surface area contributed by atoms with Gasteiger partial charge in [-0.05, 0) is 69.4 Å². The number of rotatable bonds is 6. The molecule has 1 atom stereocenters. The summed E-state index contributed by atoms with van der Waals surface area (Å²) in [7, 11) is 0. The average Bonchev–Trinajstić information content (AvgIpc) is 3.25. The number of ether oxygens (including phenoxy) is 2. The Morgan fingerprint density at radius 2 is 1.72 bits per heavy atom. The van der Waals surface area contributed by atoms with E-state index in [0.29, 0.717) is 44.8 Å². The molecule has 3 aliphatic rings. The Labute approximate surface area is 253 Å². The van der Waals surface area contributed by atoms with E-state index in [9.17, 15) is 14.4 Å². The summed E-state index contributed by atoms with van der Waals surface area (Å²) in [6.45, 7) is 11.2. The summed E-state index contributed by atoms with van der Waals surface area (Å²) in [4.78, 5) is 45.8. The number of para-hydroxylation sites is 1. The van der Waals surface area contributed by atoms with E-state index in [-0.39, 0.29) is 24.3 Å². The second-order valence-corrected chi connectivity index (χ2v) is 12.9. The van der Waals surface area contributed by atoms with Gasteiger partial charge in [-0.15, -0.1) is 0 Å². The zero-order valence-electron chi connectivity index (χ0n) is 25.5. The van der Waals surface area contributed by atoms with E-state index in [1.54, 1.807) is 4.90 Å². The smallest absolute Gasteiger partial charge is 0.338 e. The molecule has 0 spiro atoms. The van der Waals surface area contributed by atoms with E-state index >= 15 is 0 Å². The molecule has 6 rings (SSSR count). The highest BCUT2D eigenvalue weighted by molar-refractivity contribution is 5.95. The molecule has 2 saturated heterocycles. The van der Waals surface area contributed by atoms with Crippen LogP contribution in [0, 0.1) is 0 Å². The lowest BCUT2D eigenvalue weighted by atomic mass is 9.95. The summed E-state index contributed by atoms with van der Waals surface area (Å²) in [5, 5.41) is 1.20.